The van der Waals surface area contributed by atoms with Gasteiger partial charge in [0.2, 0.25) is 0 Å². The second-order valence-electron chi connectivity index (χ2n) is 7.37. The lowest BCUT2D eigenvalue weighted by Crippen LogP contribution is -2.46. The maximum Gasteiger partial charge on any atom is 0.193 e. The van der Waals surface area contributed by atoms with Crippen LogP contribution in [0.3, 0.4) is 0 Å². The number of methoxy groups -OCH3 is 1. The third-order valence-electron chi connectivity index (χ3n) is 5.56. The van der Waals surface area contributed by atoms with E-state index in [4.69, 9.17) is 4.74 Å². The highest BCUT2D eigenvalue weighted by molar-refractivity contribution is 14.0. The second kappa shape index (κ2) is 10.2. The Morgan fingerprint density at radius 3 is 2.62 bits per heavy atom. The molecule has 2 aliphatic heterocycles. The average molecular weight is 472 g/mol. The smallest absolute Gasteiger partial charge is 0.193 e. The van der Waals surface area contributed by atoms with Crippen molar-refractivity contribution in [1.82, 2.24) is 10.2 Å². The molecule has 0 amide bonds. The van der Waals surface area contributed by atoms with Crippen LogP contribution in [0.1, 0.15) is 26.2 Å². The quantitative estimate of drug-likeness (QED) is 0.414. The van der Waals surface area contributed by atoms with E-state index in [9.17, 15) is 0 Å². The first-order valence-electron chi connectivity index (χ1n) is 9.54. The van der Waals surface area contributed by atoms with E-state index in [0.29, 0.717) is 5.92 Å². The number of guanidine groups is 1. The van der Waals surface area contributed by atoms with Gasteiger partial charge in [0.25, 0.3) is 0 Å². The summed E-state index contributed by atoms with van der Waals surface area (Å²) in [4.78, 5) is 9.35. The number of rotatable bonds is 4. The van der Waals surface area contributed by atoms with Crippen molar-refractivity contribution in [3.05, 3.63) is 24.3 Å². The van der Waals surface area contributed by atoms with Gasteiger partial charge in [-0.05, 0) is 43.2 Å². The molecule has 5 nitrogen and oxygen atoms in total. The maximum absolute atomic E-state index is 5.51. The Labute approximate surface area is 175 Å². The molecule has 0 aromatic heterocycles. The fourth-order valence-corrected chi connectivity index (χ4v) is 3.90. The van der Waals surface area contributed by atoms with Gasteiger partial charge >= 0.3 is 0 Å². The fraction of sp³-hybridized carbons (Fsp3) is 0.650. The minimum absolute atomic E-state index is 0. The second-order valence-corrected chi connectivity index (χ2v) is 7.37. The first kappa shape index (κ1) is 21.1. The number of hydrogen-bond acceptors (Lipinski definition) is 3. The molecule has 1 unspecified atom stereocenters. The van der Waals surface area contributed by atoms with Gasteiger partial charge in [-0.1, -0.05) is 19.1 Å². The zero-order chi connectivity index (χ0) is 17.6. The topological polar surface area (TPSA) is 40.1 Å². The number of likely N-dealkylation sites (tertiary alicyclic amines) is 1. The van der Waals surface area contributed by atoms with Crippen LogP contribution < -0.4 is 15.0 Å². The molecule has 1 aromatic rings. The minimum Gasteiger partial charge on any atom is -0.495 e. The van der Waals surface area contributed by atoms with Crippen LogP contribution in [0.5, 0.6) is 5.75 Å². The number of aliphatic imine (C=N–C) groups is 1. The molecular weight excluding hydrogens is 439 g/mol. The van der Waals surface area contributed by atoms with Gasteiger partial charge in [-0.15, -0.1) is 24.0 Å². The number of benzene rings is 1. The summed E-state index contributed by atoms with van der Waals surface area (Å²) in [6, 6.07) is 8.31. The van der Waals surface area contributed by atoms with Gasteiger partial charge in [-0.3, -0.25) is 4.99 Å². The molecule has 26 heavy (non-hydrogen) atoms. The van der Waals surface area contributed by atoms with E-state index < -0.39 is 0 Å². The molecule has 3 rings (SSSR count). The number of ether oxygens (including phenoxy) is 1. The van der Waals surface area contributed by atoms with Crippen molar-refractivity contribution in [2.45, 2.75) is 26.2 Å². The predicted molar refractivity (Wildman–Crippen MR) is 120 cm³/mol. The normalized spacial score (nSPS) is 21.5. The number of para-hydroxylation sites is 2. The number of nitrogens with zero attached hydrogens (tertiary/aromatic N) is 3. The van der Waals surface area contributed by atoms with Crippen LogP contribution in [0.25, 0.3) is 0 Å². The molecule has 0 saturated carbocycles. The number of anilines is 1. The van der Waals surface area contributed by atoms with Crippen LogP contribution in [0.2, 0.25) is 0 Å². The van der Waals surface area contributed by atoms with Crippen molar-refractivity contribution in [1.29, 1.82) is 0 Å². The summed E-state index contributed by atoms with van der Waals surface area (Å²) in [5.74, 6) is 3.53. The first-order valence-corrected chi connectivity index (χ1v) is 9.54. The van der Waals surface area contributed by atoms with Crippen LogP contribution in [0.4, 0.5) is 5.69 Å². The lowest BCUT2D eigenvalue weighted by Gasteiger charge is -2.33. The molecule has 1 atom stereocenters. The van der Waals surface area contributed by atoms with Crippen molar-refractivity contribution < 1.29 is 4.74 Å². The Morgan fingerprint density at radius 1 is 1.19 bits per heavy atom. The molecule has 0 aliphatic carbocycles. The number of halogens is 1. The summed E-state index contributed by atoms with van der Waals surface area (Å²) in [6.45, 7) is 7.74. The Bertz CT molecular complexity index is 587. The standard InChI is InChI=1S/C20H32N4O.HI/c1-16-8-11-23(12-9-16)20(21-2)22-14-17-10-13-24(15-17)18-6-4-5-7-19(18)25-3;/h4-7,16-17H,8-15H2,1-3H3,(H,21,22);1H. The van der Waals surface area contributed by atoms with E-state index in [1.165, 1.54) is 24.9 Å². The van der Waals surface area contributed by atoms with Gasteiger partial charge in [0.05, 0.1) is 12.8 Å². The molecule has 1 aromatic carbocycles. The van der Waals surface area contributed by atoms with E-state index in [-0.39, 0.29) is 24.0 Å². The van der Waals surface area contributed by atoms with Crippen LogP contribution in [0.15, 0.2) is 29.3 Å². The van der Waals surface area contributed by atoms with Crippen LogP contribution in [-0.4, -0.2) is 57.7 Å². The Kier molecular flexibility index (Phi) is 8.31. The van der Waals surface area contributed by atoms with Gasteiger partial charge < -0.3 is 19.9 Å². The predicted octanol–water partition coefficient (Wildman–Crippen LogP) is 3.45. The number of hydrogen-bond donors (Lipinski definition) is 1. The van der Waals surface area contributed by atoms with Crippen molar-refractivity contribution in [2.75, 3.05) is 51.8 Å². The average Bonchev–Trinajstić information content (AvgIpc) is 3.12. The van der Waals surface area contributed by atoms with E-state index in [2.05, 4.69) is 39.2 Å². The molecule has 2 aliphatic rings. The zero-order valence-corrected chi connectivity index (χ0v) is 18.6. The van der Waals surface area contributed by atoms with E-state index in [1.54, 1.807) is 7.11 Å². The highest BCUT2D eigenvalue weighted by Crippen LogP contribution is 2.31. The molecule has 2 heterocycles. The molecule has 2 fully saturated rings. The molecule has 146 valence electrons. The van der Waals surface area contributed by atoms with Gasteiger partial charge in [-0.2, -0.15) is 0 Å². The van der Waals surface area contributed by atoms with Gasteiger partial charge in [0.15, 0.2) is 5.96 Å². The van der Waals surface area contributed by atoms with Crippen molar-refractivity contribution in [3.8, 4) is 5.75 Å². The lowest BCUT2D eigenvalue weighted by atomic mass is 9.99. The third kappa shape index (κ3) is 5.18. The highest BCUT2D eigenvalue weighted by atomic mass is 127. The molecule has 0 radical (unpaired) electrons. The molecule has 0 spiro atoms. The Balaban J connectivity index is 0.00000243. The summed E-state index contributed by atoms with van der Waals surface area (Å²) in [7, 11) is 3.65. The Hall–Kier alpha value is -1.18. The first-order chi connectivity index (χ1) is 12.2. The molecular formula is C20H33IN4O. The van der Waals surface area contributed by atoms with Crippen molar-refractivity contribution in [3.63, 3.8) is 0 Å². The Morgan fingerprint density at radius 2 is 1.92 bits per heavy atom. The summed E-state index contributed by atoms with van der Waals surface area (Å²) >= 11 is 0. The summed E-state index contributed by atoms with van der Waals surface area (Å²) < 4.78 is 5.51. The summed E-state index contributed by atoms with van der Waals surface area (Å²) in [5.41, 5.74) is 1.21. The number of nitrogens with one attached hydrogen (secondary N) is 1. The van der Waals surface area contributed by atoms with Crippen LogP contribution in [-0.2, 0) is 0 Å². The zero-order valence-electron chi connectivity index (χ0n) is 16.3. The van der Waals surface area contributed by atoms with Gasteiger partial charge in [0, 0.05) is 39.8 Å². The fourth-order valence-electron chi connectivity index (χ4n) is 3.90. The van der Waals surface area contributed by atoms with Crippen LogP contribution >= 0.6 is 24.0 Å². The molecule has 2 saturated heterocycles. The third-order valence-corrected chi connectivity index (χ3v) is 5.56. The SMILES string of the molecule is CN=C(NCC1CCN(c2ccccc2OC)C1)N1CCC(C)CC1.I. The summed E-state index contributed by atoms with van der Waals surface area (Å²) in [6.07, 6.45) is 3.75. The van der Waals surface area contributed by atoms with Gasteiger partial charge in [0.1, 0.15) is 5.75 Å². The minimum atomic E-state index is 0. The van der Waals surface area contributed by atoms with Crippen LogP contribution in [0, 0.1) is 11.8 Å². The van der Waals surface area contributed by atoms with E-state index in [1.807, 2.05) is 19.2 Å². The number of piperidine rings is 1. The highest BCUT2D eigenvalue weighted by Gasteiger charge is 2.25. The molecule has 6 heteroatoms. The largest absolute Gasteiger partial charge is 0.495 e. The monoisotopic (exact) mass is 472 g/mol. The summed E-state index contributed by atoms with van der Waals surface area (Å²) in [5, 5.41) is 3.61. The van der Waals surface area contributed by atoms with E-state index in [0.717, 1.165) is 50.4 Å². The van der Waals surface area contributed by atoms with Crippen molar-refractivity contribution in [2.24, 2.45) is 16.8 Å². The molecule has 1 N–H and O–H groups in total. The maximum atomic E-state index is 5.51. The van der Waals surface area contributed by atoms with Crippen molar-refractivity contribution >= 4 is 35.6 Å². The lowest BCUT2D eigenvalue weighted by molar-refractivity contribution is 0.272. The molecule has 0 bridgehead atoms. The van der Waals surface area contributed by atoms with E-state index >= 15 is 0 Å². The van der Waals surface area contributed by atoms with Gasteiger partial charge in [-0.25, -0.2) is 0 Å².